The van der Waals surface area contributed by atoms with Crippen LogP contribution in [0.5, 0.6) is 5.75 Å². The number of guanidine groups is 1. The molecule has 1 amide bonds. The summed E-state index contributed by atoms with van der Waals surface area (Å²) in [6, 6.07) is 6.53. The van der Waals surface area contributed by atoms with Gasteiger partial charge < -0.3 is 25.4 Å². The third-order valence-electron chi connectivity index (χ3n) is 4.51. The Morgan fingerprint density at radius 1 is 1.29 bits per heavy atom. The summed E-state index contributed by atoms with van der Waals surface area (Å²) >= 11 is 0. The van der Waals surface area contributed by atoms with Crippen LogP contribution in [0.1, 0.15) is 37.3 Å². The number of hydrogen-bond donors (Lipinski definition) is 3. The van der Waals surface area contributed by atoms with Gasteiger partial charge in [-0.05, 0) is 38.3 Å². The molecule has 1 aliphatic carbocycles. The van der Waals surface area contributed by atoms with Gasteiger partial charge in [0.05, 0.1) is 26.3 Å². The maximum Gasteiger partial charge on any atom is 0.239 e. The van der Waals surface area contributed by atoms with Crippen LogP contribution in [0, 0.1) is 6.92 Å². The fourth-order valence-electron chi connectivity index (χ4n) is 2.86. The first-order valence-corrected chi connectivity index (χ1v) is 9.79. The number of aryl methyl sites for hydroxylation is 1. The van der Waals surface area contributed by atoms with Crippen molar-refractivity contribution in [1.29, 1.82) is 0 Å². The standard InChI is InChI=1S/C20H30N4O3.HI/c1-3-21-20(23-12-19(25)24-16-6-7-16)22-11-15-5-4-14(2)10-18(15)27-17-8-9-26-13-17;/h4-5,10,16-17H,3,6-9,11-13H2,1-2H3,(H,24,25)(H2,21,22,23);1H. The Morgan fingerprint density at radius 2 is 2.11 bits per heavy atom. The number of carbonyl (C=O) groups is 1. The zero-order valence-corrected chi connectivity index (χ0v) is 19.0. The minimum absolute atomic E-state index is 0. The Bertz CT molecular complexity index is 673. The Hall–Kier alpha value is -1.55. The van der Waals surface area contributed by atoms with E-state index in [1.165, 1.54) is 0 Å². The Morgan fingerprint density at radius 3 is 2.79 bits per heavy atom. The molecule has 1 aliphatic heterocycles. The summed E-state index contributed by atoms with van der Waals surface area (Å²) in [5, 5.41) is 9.24. The number of carbonyl (C=O) groups excluding carboxylic acids is 1. The molecule has 0 spiro atoms. The molecule has 156 valence electrons. The molecule has 7 nitrogen and oxygen atoms in total. The van der Waals surface area contributed by atoms with E-state index in [1.807, 2.05) is 19.1 Å². The topological polar surface area (TPSA) is 84.0 Å². The van der Waals surface area contributed by atoms with E-state index >= 15 is 0 Å². The molecular weight excluding hydrogens is 471 g/mol. The monoisotopic (exact) mass is 502 g/mol. The third-order valence-corrected chi connectivity index (χ3v) is 4.51. The fraction of sp³-hybridized carbons (Fsp3) is 0.600. The van der Waals surface area contributed by atoms with E-state index in [0.29, 0.717) is 25.2 Å². The van der Waals surface area contributed by atoms with Crippen LogP contribution >= 0.6 is 24.0 Å². The van der Waals surface area contributed by atoms with Crippen LogP contribution in [0.3, 0.4) is 0 Å². The van der Waals surface area contributed by atoms with Crippen LogP contribution < -0.4 is 20.7 Å². The Labute approximate surface area is 184 Å². The average molecular weight is 502 g/mol. The molecule has 3 N–H and O–H groups in total. The van der Waals surface area contributed by atoms with Crippen LogP contribution in [0.15, 0.2) is 23.2 Å². The number of halogens is 1. The second-order valence-electron chi connectivity index (χ2n) is 7.11. The lowest BCUT2D eigenvalue weighted by molar-refractivity contribution is -0.120. The molecule has 2 fully saturated rings. The third kappa shape index (κ3) is 7.46. The molecule has 1 saturated carbocycles. The van der Waals surface area contributed by atoms with Gasteiger partial charge in [-0.1, -0.05) is 12.1 Å². The first kappa shape index (κ1) is 22.7. The van der Waals surface area contributed by atoms with E-state index in [0.717, 1.165) is 49.3 Å². The summed E-state index contributed by atoms with van der Waals surface area (Å²) in [6.45, 7) is 6.87. The molecule has 1 aromatic carbocycles. The zero-order valence-electron chi connectivity index (χ0n) is 16.6. The van der Waals surface area contributed by atoms with Gasteiger partial charge in [0.2, 0.25) is 5.91 Å². The molecule has 1 unspecified atom stereocenters. The lowest BCUT2D eigenvalue weighted by Gasteiger charge is -2.16. The maximum absolute atomic E-state index is 11.9. The minimum Gasteiger partial charge on any atom is -0.488 e. The second kappa shape index (κ2) is 11.5. The Balaban J connectivity index is 0.00000280. The van der Waals surface area contributed by atoms with Gasteiger partial charge in [-0.2, -0.15) is 0 Å². The molecule has 0 bridgehead atoms. The Kier molecular flexibility index (Phi) is 9.30. The summed E-state index contributed by atoms with van der Waals surface area (Å²) in [6.07, 6.45) is 3.19. The minimum atomic E-state index is 0. The van der Waals surface area contributed by atoms with Gasteiger partial charge >= 0.3 is 0 Å². The van der Waals surface area contributed by atoms with Crippen LogP contribution in [-0.2, 0) is 16.1 Å². The van der Waals surface area contributed by atoms with Crippen molar-refractivity contribution in [2.45, 2.75) is 51.8 Å². The lowest BCUT2D eigenvalue weighted by atomic mass is 10.1. The first-order valence-electron chi connectivity index (χ1n) is 9.79. The number of hydrogen-bond acceptors (Lipinski definition) is 4. The lowest BCUT2D eigenvalue weighted by Crippen LogP contribution is -2.43. The molecule has 1 saturated heterocycles. The first-order chi connectivity index (χ1) is 13.1. The highest BCUT2D eigenvalue weighted by molar-refractivity contribution is 14.0. The molecule has 0 radical (unpaired) electrons. The van der Waals surface area contributed by atoms with Crippen molar-refractivity contribution >= 4 is 35.8 Å². The van der Waals surface area contributed by atoms with Gasteiger partial charge in [0, 0.05) is 24.6 Å². The van der Waals surface area contributed by atoms with Crippen LogP contribution in [0.2, 0.25) is 0 Å². The SMILES string of the molecule is CCNC(=NCc1ccc(C)cc1OC1CCOC1)NCC(=O)NC1CC1.I. The summed E-state index contributed by atoms with van der Waals surface area (Å²) in [5.41, 5.74) is 2.17. The molecule has 1 aromatic rings. The molecular formula is C20H31IN4O3. The van der Waals surface area contributed by atoms with Crippen molar-refractivity contribution in [2.24, 2.45) is 4.99 Å². The average Bonchev–Trinajstić information content (AvgIpc) is 3.31. The van der Waals surface area contributed by atoms with Crippen LogP contribution in [-0.4, -0.2) is 50.3 Å². The quantitative estimate of drug-likeness (QED) is 0.288. The molecule has 28 heavy (non-hydrogen) atoms. The number of ether oxygens (including phenoxy) is 2. The largest absolute Gasteiger partial charge is 0.488 e. The van der Waals surface area contributed by atoms with Gasteiger partial charge in [0.1, 0.15) is 11.9 Å². The molecule has 1 atom stereocenters. The smallest absolute Gasteiger partial charge is 0.239 e. The number of aliphatic imine (C=N–C) groups is 1. The molecule has 0 aromatic heterocycles. The normalized spacial score (nSPS) is 18.9. The molecule has 8 heteroatoms. The maximum atomic E-state index is 11.9. The van der Waals surface area contributed by atoms with Crippen LogP contribution in [0.4, 0.5) is 0 Å². The highest BCUT2D eigenvalue weighted by Gasteiger charge is 2.23. The number of benzene rings is 1. The molecule has 1 heterocycles. The van der Waals surface area contributed by atoms with Crippen molar-refractivity contribution in [2.75, 3.05) is 26.3 Å². The fourth-order valence-corrected chi connectivity index (χ4v) is 2.86. The van der Waals surface area contributed by atoms with Crippen molar-refractivity contribution in [3.8, 4) is 5.75 Å². The predicted molar refractivity (Wildman–Crippen MR) is 120 cm³/mol. The summed E-state index contributed by atoms with van der Waals surface area (Å²) in [7, 11) is 0. The number of rotatable bonds is 8. The van der Waals surface area contributed by atoms with Gasteiger partial charge in [0.25, 0.3) is 0 Å². The van der Waals surface area contributed by atoms with Crippen molar-refractivity contribution in [3.63, 3.8) is 0 Å². The predicted octanol–water partition coefficient (Wildman–Crippen LogP) is 2.11. The summed E-state index contributed by atoms with van der Waals surface area (Å²) in [4.78, 5) is 16.5. The summed E-state index contributed by atoms with van der Waals surface area (Å²) < 4.78 is 11.5. The van der Waals surface area contributed by atoms with Crippen molar-refractivity contribution in [1.82, 2.24) is 16.0 Å². The van der Waals surface area contributed by atoms with Gasteiger partial charge in [-0.25, -0.2) is 4.99 Å². The second-order valence-corrected chi connectivity index (χ2v) is 7.11. The van der Waals surface area contributed by atoms with E-state index in [4.69, 9.17) is 9.47 Å². The van der Waals surface area contributed by atoms with E-state index < -0.39 is 0 Å². The van der Waals surface area contributed by atoms with Gasteiger partial charge in [-0.3, -0.25) is 4.79 Å². The highest BCUT2D eigenvalue weighted by Crippen LogP contribution is 2.24. The van der Waals surface area contributed by atoms with Crippen molar-refractivity contribution in [3.05, 3.63) is 29.3 Å². The van der Waals surface area contributed by atoms with E-state index in [1.54, 1.807) is 0 Å². The zero-order chi connectivity index (χ0) is 19.1. The number of nitrogens with one attached hydrogen (secondary N) is 3. The van der Waals surface area contributed by atoms with Crippen molar-refractivity contribution < 1.29 is 14.3 Å². The number of nitrogens with zero attached hydrogens (tertiary/aromatic N) is 1. The van der Waals surface area contributed by atoms with E-state index in [2.05, 4.69) is 33.9 Å². The highest BCUT2D eigenvalue weighted by atomic mass is 127. The molecule has 3 rings (SSSR count). The van der Waals surface area contributed by atoms with Gasteiger partial charge in [0.15, 0.2) is 5.96 Å². The van der Waals surface area contributed by atoms with Crippen LogP contribution in [0.25, 0.3) is 0 Å². The van der Waals surface area contributed by atoms with E-state index in [-0.39, 0.29) is 42.5 Å². The number of amides is 1. The van der Waals surface area contributed by atoms with Gasteiger partial charge in [-0.15, -0.1) is 24.0 Å². The molecule has 2 aliphatic rings. The van der Waals surface area contributed by atoms with E-state index in [9.17, 15) is 4.79 Å². The summed E-state index contributed by atoms with van der Waals surface area (Å²) in [5.74, 6) is 1.49.